The zero-order chi connectivity index (χ0) is 26.9. The number of thiazole rings is 1. The lowest BCUT2D eigenvalue weighted by Gasteiger charge is -2.25. The van der Waals surface area contributed by atoms with Gasteiger partial charge in [-0.25, -0.2) is 17.8 Å². The third-order valence-corrected chi connectivity index (χ3v) is 9.75. The second-order valence-corrected chi connectivity index (χ2v) is 11.9. The molecule has 198 valence electrons. The topological polar surface area (TPSA) is 73.8 Å². The molecule has 1 aliphatic heterocycles. The fourth-order valence-corrected chi connectivity index (χ4v) is 7.20. The summed E-state index contributed by atoms with van der Waals surface area (Å²) in [5, 5.41) is 0.480. The number of fused-ring (bicyclic) bond motifs is 2. The van der Waals surface area contributed by atoms with Gasteiger partial charge in [0.1, 0.15) is 5.82 Å². The predicted octanol–water partition coefficient (Wildman–Crippen LogP) is 5.18. The molecule has 0 saturated carbocycles. The molecule has 0 atom stereocenters. The zero-order valence-electron chi connectivity index (χ0n) is 21.3. The van der Waals surface area contributed by atoms with E-state index in [0.29, 0.717) is 52.7 Å². The fraction of sp³-hybridized carbons (Fsp3) is 0.286. The van der Waals surface area contributed by atoms with Crippen LogP contribution in [0, 0.1) is 5.82 Å². The molecule has 0 spiro atoms. The summed E-state index contributed by atoms with van der Waals surface area (Å²) in [5.74, 6) is -0.640. The largest absolute Gasteiger partial charge is 0.302 e. The highest BCUT2D eigenvalue weighted by atomic mass is 32.2. The van der Waals surface area contributed by atoms with E-state index in [2.05, 4.69) is 23.7 Å². The molecule has 0 aliphatic carbocycles. The Bertz CT molecular complexity index is 1570. The molecule has 1 aliphatic rings. The number of benzene rings is 3. The summed E-state index contributed by atoms with van der Waals surface area (Å²) >= 11 is 1.26. The minimum atomic E-state index is -3.76. The van der Waals surface area contributed by atoms with E-state index in [-0.39, 0.29) is 16.6 Å². The third kappa shape index (κ3) is 5.03. The van der Waals surface area contributed by atoms with E-state index in [0.717, 1.165) is 18.7 Å². The monoisotopic (exact) mass is 552 g/mol. The maximum atomic E-state index is 13.8. The second-order valence-electron chi connectivity index (χ2n) is 9.07. The molecule has 4 aromatic rings. The number of para-hydroxylation sites is 1. The Kier molecular flexibility index (Phi) is 7.47. The second kappa shape index (κ2) is 10.8. The van der Waals surface area contributed by atoms with E-state index < -0.39 is 10.0 Å². The summed E-state index contributed by atoms with van der Waals surface area (Å²) < 4.78 is 42.7. The van der Waals surface area contributed by atoms with Crippen LogP contribution in [0.25, 0.3) is 10.2 Å². The number of nitrogens with zero attached hydrogens (tertiary/aromatic N) is 4. The standard InChI is InChI=1S/C28H29FN4O3S2/c1-3-31(4-2)17-18-32(28-30-24-14-11-22(29)19-26(24)37-28)27(34)21-9-12-23(13-10-21)38(35,36)33-16-15-20-7-5-6-8-25(20)33/h5-14,19H,3-4,15-18H2,1-2H3. The van der Waals surface area contributed by atoms with Crippen molar-refractivity contribution in [2.45, 2.75) is 25.2 Å². The first kappa shape index (κ1) is 26.3. The molecule has 38 heavy (non-hydrogen) atoms. The average molecular weight is 553 g/mol. The van der Waals surface area contributed by atoms with Crippen LogP contribution in [0.15, 0.2) is 71.6 Å². The van der Waals surface area contributed by atoms with Gasteiger partial charge in [-0.05, 0) is 73.6 Å². The smallest absolute Gasteiger partial charge is 0.264 e. The fourth-order valence-electron chi connectivity index (χ4n) is 4.68. The number of likely N-dealkylation sites (N-methyl/N-ethyl adjacent to an activating group) is 1. The summed E-state index contributed by atoms with van der Waals surface area (Å²) in [4.78, 5) is 22.2. The van der Waals surface area contributed by atoms with E-state index in [1.165, 1.54) is 39.9 Å². The molecule has 3 aromatic carbocycles. The molecule has 0 N–H and O–H groups in total. The molecule has 0 bridgehead atoms. The van der Waals surface area contributed by atoms with Crippen LogP contribution in [0.1, 0.15) is 29.8 Å². The van der Waals surface area contributed by atoms with Gasteiger partial charge in [-0.1, -0.05) is 43.4 Å². The number of hydrogen-bond donors (Lipinski definition) is 0. The van der Waals surface area contributed by atoms with Gasteiger partial charge in [-0.15, -0.1) is 0 Å². The number of amides is 1. The van der Waals surface area contributed by atoms with Crippen molar-refractivity contribution in [1.29, 1.82) is 0 Å². The Morgan fingerprint density at radius 3 is 2.50 bits per heavy atom. The van der Waals surface area contributed by atoms with Crippen molar-refractivity contribution < 1.29 is 17.6 Å². The summed E-state index contributed by atoms with van der Waals surface area (Å²) in [6.07, 6.45) is 0.666. The van der Waals surface area contributed by atoms with Crippen LogP contribution in [0.3, 0.4) is 0 Å². The molecule has 0 unspecified atom stereocenters. The molecule has 1 aromatic heterocycles. The molecule has 2 heterocycles. The molecule has 0 fully saturated rings. The third-order valence-electron chi connectivity index (χ3n) is 6.88. The highest BCUT2D eigenvalue weighted by Gasteiger charge is 2.31. The Balaban J connectivity index is 1.43. The van der Waals surface area contributed by atoms with Gasteiger partial charge in [-0.2, -0.15) is 0 Å². The lowest BCUT2D eigenvalue weighted by Crippen LogP contribution is -2.39. The van der Waals surface area contributed by atoms with Crippen molar-refractivity contribution in [2.75, 3.05) is 41.9 Å². The SMILES string of the molecule is CCN(CC)CCN(C(=O)c1ccc(S(=O)(=O)N2CCc3ccccc32)cc1)c1nc2ccc(F)cc2s1. The van der Waals surface area contributed by atoms with Gasteiger partial charge in [0.05, 0.1) is 20.8 Å². The Morgan fingerprint density at radius 1 is 1.03 bits per heavy atom. The Hall–Kier alpha value is -3.34. The number of halogens is 1. The van der Waals surface area contributed by atoms with Crippen LogP contribution in [0.4, 0.5) is 15.2 Å². The minimum Gasteiger partial charge on any atom is -0.302 e. The van der Waals surface area contributed by atoms with Crippen molar-refractivity contribution in [1.82, 2.24) is 9.88 Å². The quantitative estimate of drug-likeness (QED) is 0.286. The van der Waals surface area contributed by atoms with Crippen molar-refractivity contribution >= 4 is 48.3 Å². The van der Waals surface area contributed by atoms with E-state index >= 15 is 0 Å². The first-order valence-electron chi connectivity index (χ1n) is 12.6. The number of carbonyl (C=O) groups excluding carboxylic acids is 1. The number of sulfonamides is 1. The predicted molar refractivity (Wildman–Crippen MR) is 150 cm³/mol. The van der Waals surface area contributed by atoms with Crippen LogP contribution < -0.4 is 9.21 Å². The van der Waals surface area contributed by atoms with E-state index in [9.17, 15) is 17.6 Å². The van der Waals surface area contributed by atoms with Crippen LogP contribution in [-0.2, 0) is 16.4 Å². The first-order valence-corrected chi connectivity index (χ1v) is 14.9. The number of carbonyl (C=O) groups is 1. The zero-order valence-corrected chi connectivity index (χ0v) is 22.9. The Morgan fingerprint density at radius 2 is 1.76 bits per heavy atom. The van der Waals surface area contributed by atoms with E-state index in [1.54, 1.807) is 23.1 Å². The summed E-state index contributed by atoms with van der Waals surface area (Å²) in [7, 11) is -3.76. The lowest BCUT2D eigenvalue weighted by atomic mass is 10.2. The Labute approximate surface area is 226 Å². The molecule has 0 saturated heterocycles. The maximum absolute atomic E-state index is 13.8. The van der Waals surface area contributed by atoms with Crippen molar-refractivity contribution in [3.63, 3.8) is 0 Å². The van der Waals surface area contributed by atoms with Gasteiger partial charge >= 0.3 is 0 Å². The van der Waals surface area contributed by atoms with Crippen LogP contribution in [0.5, 0.6) is 0 Å². The van der Waals surface area contributed by atoms with E-state index in [4.69, 9.17) is 0 Å². The van der Waals surface area contributed by atoms with E-state index in [1.807, 2.05) is 24.3 Å². The molecule has 1 amide bonds. The number of aromatic nitrogens is 1. The van der Waals surface area contributed by atoms with Gasteiger partial charge in [0.25, 0.3) is 15.9 Å². The van der Waals surface area contributed by atoms with Gasteiger partial charge < -0.3 is 4.90 Å². The normalized spacial score (nSPS) is 13.3. The maximum Gasteiger partial charge on any atom is 0.264 e. The van der Waals surface area contributed by atoms with Crippen LogP contribution in [0.2, 0.25) is 0 Å². The van der Waals surface area contributed by atoms with Crippen LogP contribution >= 0.6 is 11.3 Å². The summed E-state index contributed by atoms with van der Waals surface area (Å²) in [6, 6.07) is 17.9. The van der Waals surface area contributed by atoms with Gasteiger partial charge in [0, 0.05) is 25.2 Å². The van der Waals surface area contributed by atoms with Crippen LogP contribution in [-0.4, -0.2) is 56.9 Å². The van der Waals surface area contributed by atoms with Gasteiger partial charge in [0.15, 0.2) is 5.13 Å². The van der Waals surface area contributed by atoms with Gasteiger partial charge in [-0.3, -0.25) is 14.0 Å². The van der Waals surface area contributed by atoms with Crippen molar-refractivity contribution in [3.05, 3.63) is 83.7 Å². The molecular formula is C28H29FN4O3S2. The molecule has 10 heteroatoms. The number of anilines is 2. The number of rotatable bonds is 9. The number of hydrogen-bond acceptors (Lipinski definition) is 6. The lowest BCUT2D eigenvalue weighted by molar-refractivity contribution is 0.0983. The highest BCUT2D eigenvalue weighted by Crippen LogP contribution is 2.33. The van der Waals surface area contributed by atoms with Crippen molar-refractivity contribution in [2.24, 2.45) is 0 Å². The molecule has 0 radical (unpaired) electrons. The first-order chi connectivity index (χ1) is 18.3. The highest BCUT2D eigenvalue weighted by molar-refractivity contribution is 7.92. The molecule has 7 nitrogen and oxygen atoms in total. The minimum absolute atomic E-state index is 0.135. The molecular weight excluding hydrogens is 523 g/mol. The summed E-state index contributed by atoms with van der Waals surface area (Å²) in [6.45, 7) is 7.24. The average Bonchev–Trinajstić information content (AvgIpc) is 3.55. The molecule has 5 rings (SSSR count). The summed E-state index contributed by atoms with van der Waals surface area (Å²) in [5.41, 5.74) is 2.68. The van der Waals surface area contributed by atoms with Gasteiger partial charge in [0.2, 0.25) is 0 Å². The van der Waals surface area contributed by atoms with Crippen molar-refractivity contribution in [3.8, 4) is 0 Å².